The Morgan fingerprint density at radius 1 is 1.22 bits per heavy atom. The number of carbonyl (C=O) groups is 1. The molecule has 0 aliphatic heterocycles. The number of carbonyl (C=O) groups excluding carboxylic acids is 1. The highest BCUT2D eigenvalue weighted by Gasteiger charge is 2.01. The summed E-state index contributed by atoms with van der Waals surface area (Å²) in [7, 11) is 3.10. The van der Waals surface area contributed by atoms with Gasteiger partial charge in [0, 0.05) is 6.42 Å². The van der Waals surface area contributed by atoms with Crippen LogP contribution in [-0.4, -0.2) is 33.3 Å². The smallest absolute Gasteiger partial charge is 0.305 e. The molecular weight excluding hydrogens is 230 g/mol. The van der Waals surface area contributed by atoms with Crippen molar-refractivity contribution in [2.24, 2.45) is 0 Å². The Labute approximate surface area is 108 Å². The number of ether oxygens (including phenoxy) is 2. The molecule has 0 aliphatic rings. The number of methoxy groups -OCH3 is 2. The van der Waals surface area contributed by atoms with Gasteiger partial charge in [0.25, 0.3) is 0 Å². The van der Waals surface area contributed by atoms with Gasteiger partial charge in [0.1, 0.15) is 5.75 Å². The maximum Gasteiger partial charge on any atom is 0.305 e. The van der Waals surface area contributed by atoms with Crippen LogP contribution in [0, 0.1) is 0 Å². The van der Waals surface area contributed by atoms with Crippen molar-refractivity contribution < 1.29 is 14.3 Å². The molecule has 0 bridgehead atoms. The summed E-state index contributed by atoms with van der Waals surface area (Å²) < 4.78 is 9.85. The van der Waals surface area contributed by atoms with Crippen LogP contribution < -0.4 is 10.1 Å². The first-order valence-electron chi connectivity index (χ1n) is 6.17. The van der Waals surface area contributed by atoms with E-state index in [1.165, 1.54) is 12.7 Å². The molecular formula is C14H21NO3. The van der Waals surface area contributed by atoms with E-state index in [4.69, 9.17) is 4.74 Å². The molecule has 1 rings (SSSR count). The molecule has 4 nitrogen and oxygen atoms in total. The van der Waals surface area contributed by atoms with Gasteiger partial charge >= 0.3 is 5.97 Å². The minimum atomic E-state index is -0.151. The monoisotopic (exact) mass is 251 g/mol. The van der Waals surface area contributed by atoms with Crippen LogP contribution in [0.25, 0.3) is 0 Å². The zero-order valence-electron chi connectivity index (χ0n) is 11.1. The quantitative estimate of drug-likeness (QED) is 0.565. The number of rotatable bonds is 8. The number of benzene rings is 1. The zero-order chi connectivity index (χ0) is 13.2. The van der Waals surface area contributed by atoms with Crippen LogP contribution in [0.3, 0.4) is 0 Å². The van der Waals surface area contributed by atoms with Gasteiger partial charge in [-0.3, -0.25) is 4.79 Å². The molecule has 0 aliphatic carbocycles. The third-order valence-corrected chi connectivity index (χ3v) is 2.73. The average Bonchev–Trinajstić information content (AvgIpc) is 2.42. The van der Waals surface area contributed by atoms with Gasteiger partial charge in [-0.15, -0.1) is 0 Å². The lowest BCUT2D eigenvalue weighted by atomic mass is 10.1. The van der Waals surface area contributed by atoms with Crippen molar-refractivity contribution in [3.63, 3.8) is 0 Å². The second-order valence-electron chi connectivity index (χ2n) is 3.99. The van der Waals surface area contributed by atoms with Crippen LogP contribution in [0.15, 0.2) is 24.3 Å². The molecule has 4 heteroatoms. The average molecular weight is 251 g/mol. The molecule has 0 amide bonds. The summed E-state index contributed by atoms with van der Waals surface area (Å²) in [5, 5.41) is 3.30. The number of esters is 1. The Balaban J connectivity index is 2.16. The summed E-state index contributed by atoms with van der Waals surface area (Å²) in [4.78, 5) is 10.9. The molecule has 1 aromatic rings. The van der Waals surface area contributed by atoms with Gasteiger partial charge in [0.15, 0.2) is 0 Å². The minimum absolute atomic E-state index is 0.151. The largest absolute Gasteiger partial charge is 0.496 e. The molecule has 1 aromatic carbocycles. The Morgan fingerprint density at radius 3 is 2.72 bits per heavy atom. The van der Waals surface area contributed by atoms with Gasteiger partial charge < -0.3 is 14.8 Å². The predicted octanol–water partition coefficient (Wildman–Crippen LogP) is 1.78. The number of hydrogen-bond donors (Lipinski definition) is 1. The molecule has 0 saturated carbocycles. The van der Waals surface area contributed by atoms with Gasteiger partial charge in [0.05, 0.1) is 14.2 Å². The van der Waals surface area contributed by atoms with Gasteiger partial charge in [-0.05, 0) is 37.6 Å². The summed E-state index contributed by atoms with van der Waals surface area (Å²) in [5.41, 5.74) is 1.19. The van der Waals surface area contributed by atoms with E-state index in [0.717, 1.165) is 31.7 Å². The third-order valence-electron chi connectivity index (χ3n) is 2.73. The number of hydrogen-bond acceptors (Lipinski definition) is 4. The second kappa shape index (κ2) is 8.53. The van der Waals surface area contributed by atoms with E-state index in [2.05, 4.69) is 16.1 Å². The second-order valence-corrected chi connectivity index (χ2v) is 3.99. The zero-order valence-corrected chi connectivity index (χ0v) is 11.1. The van der Waals surface area contributed by atoms with Gasteiger partial charge in [0.2, 0.25) is 0 Å². The van der Waals surface area contributed by atoms with E-state index in [1.54, 1.807) is 7.11 Å². The normalized spacial score (nSPS) is 10.1. The Kier molecular flexibility index (Phi) is 6.87. The molecule has 0 unspecified atom stereocenters. The maximum absolute atomic E-state index is 10.9. The van der Waals surface area contributed by atoms with Gasteiger partial charge in [-0.25, -0.2) is 0 Å². The van der Waals surface area contributed by atoms with Crippen molar-refractivity contribution in [2.75, 3.05) is 27.3 Å². The standard InChI is InChI=1S/C14H21NO3/c1-17-13-7-4-3-6-12(13)9-11-15-10-5-8-14(16)18-2/h3-4,6-7,15H,5,8-11H2,1-2H3. The fourth-order valence-corrected chi connectivity index (χ4v) is 1.72. The summed E-state index contributed by atoms with van der Waals surface area (Å²) in [6.07, 6.45) is 2.19. The lowest BCUT2D eigenvalue weighted by Gasteiger charge is -2.08. The minimum Gasteiger partial charge on any atom is -0.496 e. The fourth-order valence-electron chi connectivity index (χ4n) is 1.72. The van der Waals surface area contributed by atoms with Crippen molar-refractivity contribution in [2.45, 2.75) is 19.3 Å². The molecule has 0 heterocycles. The molecule has 18 heavy (non-hydrogen) atoms. The Morgan fingerprint density at radius 2 is 2.00 bits per heavy atom. The molecule has 0 spiro atoms. The lowest BCUT2D eigenvalue weighted by Crippen LogP contribution is -2.19. The van der Waals surface area contributed by atoms with E-state index >= 15 is 0 Å². The molecule has 1 N–H and O–H groups in total. The summed E-state index contributed by atoms with van der Waals surface area (Å²) in [5.74, 6) is 0.774. The lowest BCUT2D eigenvalue weighted by molar-refractivity contribution is -0.140. The van der Waals surface area contributed by atoms with Gasteiger partial charge in [-0.1, -0.05) is 18.2 Å². The Hall–Kier alpha value is -1.55. The van der Waals surface area contributed by atoms with Crippen LogP contribution in [0.2, 0.25) is 0 Å². The number of nitrogens with one attached hydrogen (secondary N) is 1. The fraction of sp³-hybridized carbons (Fsp3) is 0.500. The molecule has 0 saturated heterocycles. The molecule has 100 valence electrons. The van der Waals surface area contributed by atoms with Crippen molar-refractivity contribution in [3.05, 3.63) is 29.8 Å². The molecule has 0 fully saturated rings. The summed E-state index contributed by atoms with van der Waals surface area (Å²) in [6.45, 7) is 1.70. The Bertz CT molecular complexity index is 366. The van der Waals surface area contributed by atoms with Crippen molar-refractivity contribution in [3.8, 4) is 5.75 Å². The highest BCUT2D eigenvalue weighted by atomic mass is 16.5. The first-order valence-corrected chi connectivity index (χ1v) is 6.17. The summed E-state index contributed by atoms with van der Waals surface area (Å²) >= 11 is 0. The van der Waals surface area contributed by atoms with E-state index in [1.807, 2.05) is 18.2 Å². The molecule has 0 radical (unpaired) electrons. The van der Waals surface area contributed by atoms with Crippen LogP contribution in [0.5, 0.6) is 5.75 Å². The van der Waals surface area contributed by atoms with Crippen molar-refractivity contribution >= 4 is 5.97 Å². The SMILES string of the molecule is COC(=O)CCCNCCc1ccccc1OC. The third kappa shape index (κ3) is 5.19. The van der Waals surface area contributed by atoms with Crippen LogP contribution in [-0.2, 0) is 16.0 Å². The first-order chi connectivity index (χ1) is 8.77. The van der Waals surface area contributed by atoms with E-state index in [-0.39, 0.29) is 5.97 Å². The van der Waals surface area contributed by atoms with E-state index in [9.17, 15) is 4.79 Å². The van der Waals surface area contributed by atoms with Crippen LogP contribution in [0.1, 0.15) is 18.4 Å². The highest BCUT2D eigenvalue weighted by molar-refractivity contribution is 5.69. The van der Waals surface area contributed by atoms with Crippen molar-refractivity contribution in [1.29, 1.82) is 0 Å². The number of para-hydroxylation sites is 1. The molecule has 0 aromatic heterocycles. The van der Waals surface area contributed by atoms with Crippen LogP contribution >= 0.6 is 0 Å². The predicted molar refractivity (Wildman–Crippen MR) is 70.8 cm³/mol. The first kappa shape index (κ1) is 14.5. The van der Waals surface area contributed by atoms with Gasteiger partial charge in [-0.2, -0.15) is 0 Å². The maximum atomic E-state index is 10.9. The summed E-state index contributed by atoms with van der Waals surface area (Å²) in [6, 6.07) is 8.00. The van der Waals surface area contributed by atoms with Crippen LogP contribution in [0.4, 0.5) is 0 Å². The topological polar surface area (TPSA) is 47.6 Å². The van der Waals surface area contributed by atoms with Crippen molar-refractivity contribution in [1.82, 2.24) is 5.32 Å². The van der Waals surface area contributed by atoms with E-state index < -0.39 is 0 Å². The molecule has 0 atom stereocenters. The highest BCUT2D eigenvalue weighted by Crippen LogP contribution is 2.17. The van der Waals surface area contributed by atoms with E-state index in [0.29, 0.717) is 6.42 Å².